The Morgan fingerprint density at radius 3 is 2.77 bits per heavy atom. The van der Waals surface area contributed by atoms with Gasteiger partial charge < -0.3 is 9.64 Å². The number of hydrogen-bond donors (Lipinski definition) is 0. The molecule has 0 fully saturated rings. The average molecular weight is 432 g/mol. The normalized spacial score (nSPS) is 13.4. The van der Waals surface area contributed by atoms with Crippen LogP contribution in [0.2, 0.25) is 0 Å². The van der Waals surface area contributed by atoms with Crippen molar-refractivity contribution in [2.45, 2.75) is 32.9 Å². The summed E-state index contributed by atoms with van der Waals surface area (Å²) < 4.78 is 45.4. The van der Waals surface area contributed by atoms with Crippen molar-refractivity contribution in [3.05, 3.63) is 58.8 Å². The summed E-state index contributed by atoms with van der Waals surface area (Å²) in [4.78, 5) is 21.1. The first-order valence-corrected chi connectivity index (χ1v) is 9.56. The fourth-order valence-electron chi connectivity index (χ4n) is 3.34. The van der Waals surface area contributed by atoms with Gasteiger partial charge in [0.25, 0.3) is 12.3 Å². The molecule has 11 heteroatoms. The van der Waals surface area contributed by atoms with Gasteiger partial charge in [-0.25, -0.2) is 22.8 Å². The van der Waals surface area contributed by atoms with Gasteiger partial charge in [0.2, 0.25) is 5.88 Å². The molecule has 0 saturated heterocycles. The number of ether oxygens (including phenoxy) is 1. The molecule has 0 spiro atoms. The SMILES string of the molecule is Cc1nnn(-c2ccc(C(F)F)nc2)c1COc1cc2c(cn1)CN(C(=O)CF)CC2. The second kappa shape index (κ2) is 8.70. The number of aromatic nitrogens is 5. The number of carbonyl (C=O) groups is 1. The van der Waals surface area contributed by atoms with E-state index in [1.807, 2.05) is 0 Å². The maximum Gasteiger partial charge on any atom is 0.280 e. The van der Waals surface area contributed by atoms with Crippen LogP contribution in [0.25, 0.3) is 5.69 Å². The van der Waals surface area contributed by atoms with Gasteiger partial charge in [-0.05, 0) is 36.6 Å². The fraction of sp³-hybridized carbons (Fsp3) is 0.350. The van der Waals surface area contributed by atoms with Crippen LogP contribution in [0.15, 0.2) is 30.6 Å². The van der Waals surface area contributed by atoms with Crippen LogP contribution in [0.5, 0.6) is 5.88 Å². The smallest absolute Gasteiger partial charge is 0.280 e. The summed E-state index contributed by atoms with van der Waals surface area (Å²) in [6.45, 7) is 1.62. The van der Waals surface area contributed by atoms with Gasteiger partial charge in [-0.3, -0.25) is 9.78 Å². The summed E-state index contributed by atoms with van der Waals surface area (Å²) in [6.07, 6.45) is 0.866. The highest BCUT2D eigenvalue weighted by Gasteiger charge is 2.21. The van der Waals surface area contributed by atoms with Crippen molar-refractivity contribution in [1.29, 1.82) is 0 Å². The van der Waals surface area contributed by atoms with Crippen LogP contribution in [-0.2, 0) is 24.4 Å². The largest absolute Gasteiger partial charge is 0.471 e. The number of fused-ring (bicyclic) bond motifs is 1. The van der Waals surface area contributed by atoms with Crippen molar-refractivity contribution in [2.24, 2.45) is 0 Å². The van der Waals surface area contributed by atoms with Crippen LogP contribution in [0.4, 0.5) is 13.2 Å². The summed E-state index contributed by atoms with van der Waals surface area (Å²) in [5.74, 6) is -0.138. The molecule has 0 atom stereocenters. The molecule has 1 aliphatic heterocycles. The third-order valence-electron chi connectivity index (χ3n) is 5.09. The Kier molecular flexibility index (Phi) is 5.83. The average Bonchev–Trinajstić information content (AvgIpc) is 3.16. The lowest BCUT2D eigenvalue weighted by molar-refractivity contribution is -0.133. The lowest BCUT2D eigenvalue weighted by Gasteiger charge is -2.28. The molecule has 0 aromatic carbocycles. The molecule has 8 nitrogen and oxygen atoms in total. The molecule has 0 unspecified atom stereocenters. The molecule has 0 saturated carbocycles. The molecule has 3 aromatic rings. The molecular weight excluding hydrogens is 413 g/mol. The van der Waals surface area contributed by atoms with E-state index in [2.05, 4.69) is 20.3 Å². The highest BCUT2D eigenvalue weighted by Crippen LogP contribution is 2.23. The van der Waals surface area contributed by atoms with Gasteiger partial charge in [0, 0.05) is 25.4 Å². The number of alkyl halides is 3. The van der Waals surface area contributed by atoms with E-state index in [-0.39, 0.29) is 12.3 Å². The minimum atomic E-state index is -2.65. The number of amides is 1. The van der Waals surface area contributed by atoms with E-state index in [4.69, 9.17) is 4.74 Å². The van der Waals surface area contributed by atoms with Crippen LogP contribution in [0.3, 0.4) is 0 Å². The monoisotopic (exact) mass is 432 g/mol. The first-order valence-electron chi connectivity index (χ1n) is 9.56. The van der Waals surface area contributed by atoms with E-state index in [0.29, 0.717) is 42.5 Å². The zero-order valence-corrected chi connectivity index (χ0v) is 16.6. The lowest BCUT2D eigenvalue weighted by atomic mass is 10.0. The molecular formula is C20H19F3N6O2. The van der Waals surface area contributed by atoms with Crippen molar-refractivity contribution in [3.63, 3.8) is 0 Å². The summed E-state index contributed by atoms with van der Waals surface area (Å²) in [5, 5.41) is 8.08. The number of hydrogen-bond acceptors (Lipinski definition) is 6. The Balaban J connectivity index is 1.48. The first kappa shape index (κ1) is 20.8. The van der Waals surface area contributed by atoms with Crippen LogP contribution in [-0.4, -0.2) is 49.0 Å². The molecule has 1 aliphatic rings. The maximum absolute atomic E-state index is 12.7. The lowest BCUT2D eigenvalue weighted by Crippen LogP contribution is -2.36. The van der Waals surface area contributed by atoms with Crippen molar-refractivity contribution < 1.29 is 22.7 Å². The number of nitrogens with zero attached hydrogens (tertiary/aromatic N) is 6. The Morgan fingerprint density at radius 2 is 2.06 bits per heavy atom. The van der Waals surface area contributed by atoms with E-state index in [0.717, 1.165) is 11.1 Å². The molecule has 0 bridgehead atoms. The Hall–Kier alpha value is -3.50. The molecule has 0 radical (unpaired) electrons. The predicted octanol–water partition coefficient (Wildman–Crippen LogP) is 2.74. The number of pyridine rings is 2. The molecule has 4 rings (SSSR count). The number of aryl methyl sites for hydroxylation is 1. The molecule has 31 heavy (non-hydrogen) atoms. The summed E-state index contributed by atoms with van der Waals surface area (Å²) >= 11 is 0. The van der Waals surface area contributed by atoms with Gasteiger partial charge in [-0.1, -0.05) is 5.21 Å². The quantitative estimate of drug-likeness (QED) is 0.596. The van der Waals surface area contributed by atoms with Crippen LogP contribution < -0.4 is 4.74 Å². The minimum absolute atomic E-state index is 0.105. The first-order chi connectivity index (χ1) is 15.0. The predicted molar refractivity (Wildman–Crippen MR) is 103 cm³/mol. The van der Waals surface area contributed by atoms with Gasteiger partial charge in [0.15, 0.2) is 6.67 Å². The van der Waals surface area contributed by atoms with Gasteiger partial charge in [-0.15, -0.1) is 5.10 Å². The van der Waals surface area contributed by atoms with Crippen LogP contribution in [0.1, 0.15) is 34.6 Å². The highest BCUT2D eigenvalue weighted by molar-refractivity contribution is 5.77. The Labute approximate surface area is 175 Å². The minimum Gasteiger partial charge on any atom is -0.471 e. The fourth-order valence-corrected chi connectivity index (χ4v) is 3.34. The molecule has 0 aliphatic carbocycles. The second-order valence-electron chi connectivity index (χ2n) is 7.05. The van der Waals surface area contributed by atoms with Gasteiger partial charge in [-0.2, -0.15) is 0 Å². The third-order valence-corrected chi connectivity index (χ3v) is 5.09. The van der Waals surface area contributed by atoms with E-state index in [1.54, 1.807) is 19.2 Å². The van der Waals surface area contributed by atoms with E-state index < -0.39 is 19.0 Å². The summed E-state index contributed by atoms with van der Waals surface area (Å²) in [6, 6.07) is 4.53. The van der Waals surface area contributed by atoms with Crippen molar-refractivity contribution >= 4 is 5.91 Å². The zero-order valence-electron chi connectivity index (χ0n) is 16.6. The topological polar surface area (TPSA) is 86.0 Å². The standard InChI is InChI=1S/C20H19F3N6O2/c1-12-17(29(27-26-12)15-2-3-16(20(22)23)24-9-15)11-31-18-6-13-4-5-28(19(30)7-21)10-14(13)8-25-18/h2-3,6,8-9,20H,4-5,7,10-11H2,1H3. The molecule has 3 aromatic heterocycles. The third kappa shape index (κ3) is 4.35. The van der Waals surface area contributed by atoms with Crippen molar-refractivity contribution in [2.75, 3.05) is 13.2 Å². The van der Waals surface area contributed by atoms with E-state index >= 15 is 0 Å². The summed E-state index contributed by atoms with van der Waals surface area (Å²) in [7, 11) is 0. The van der Waals surface area contributed by atoms with Crippen LogP contribution >= 0.6 is 0 Å². The Morgan fingerprint density at radius 1 is 1.23 bits per heavy atom. The number of halogens is 3. The summed E-state index contributed by atoms with van der Waals surface area (Å²) in [5.41, 5.74) is 3.27. The second-order valence-corrected chi connectivity index (χ2v) is 7.05. The maximum atomic E-state index is 12.7. The van der Waals surface area contributed by atoms with Crippen molar-refractivity contribution in [1.82, 2.24) is 29.9 Å². The molecule has 4 heterocycles. The Bertz CT molecular complexity index is 1090. The molecule has 0 N–H and O–H groups in total. The van der Waals surface area contributed by atoms with Gasteiger partial charge >= 0.3 is 0 Å². The van der Waals surface area contributed by atoms with Crippen molar-refractivity contribution in [3.8, 4) is 11.6 Å². The van der Waals surface area contributed by atoms with E-state index in [1.165, 1.54) is 27.9 Å². The molecule has 162 valence electrons. The highest BCUT2D eigenvalue weighted by atomic mass is 19.3. The van der Waals surface area contributed by atoms with Crippen LogP contribution in [0, 0.1) is 6.92 Å². The van der Waals surface area contributed by atoms with Gasteiger partial charge in [0.05, 0.1) is 17.6 Å². The zero-order chi connectivity index (χ0) is 22.0. The number of carbonyl (C=O) groups excluding carboxylic acids is 1. The number of rotatable bonds is 6. The van der Waals surface area contributed by atoms with E-state index in [9.17, 15) is 18.0 Å². The van der Waals surface area contributed by atoms with Gasteiger partial charge in [0.1, 0.15) is 18.0 Å². The molecule has 1 amide bonds.